The van der Waals surface area contributed by atoms with E-state index in [0.717, 1.165) is 0 Å². The smallest absolute Gasteiger partial charge is 0.184 e. The van der Waals surface area contributed by atoms with E-state index in [4.69, 9.17) is 9.16 Å². The molecule has 2 nitrogen and oxygen atoms in total. The Morgan fingerprint density at radius 3 is 1.46 bits per heavy atom. The van der Waals surface area contributed by atoms with Crippen LogP contribution in [0.25, 0.3) is 0 Å². The summed E-state index contributed by atoms with van der Waals surface area (Å²) in [5.74, 6) is 0. The van der Waals surface area contributed by atoms with Gasteiger partial charge in [0.05, 0.1) is 11.2 Å². The van der Waals surface area contributed by atoms with Gasteiger partial charge in [0, 0.05) is 7.11 Å². The van der Waals surface area contributed by atoms with Gasteiger partial charge in [-0.05, 0) is 47.3 Å². The average molecular weight is 204 g/mol. The standard InChI is InChI=1S/C10H24O2Si/c1-9(2,11-5)10(3,4)12-13(6,7)8/h1-8H3. The first kappa shape index (κ1) is 13.1. The summed E-state index contributed by atoms with van der Waals surface area (Å²) >= 11 is 0. The Bertz CT molecular complexity index is 168. The molecule has 0 saturated carbocycles. The third kappa shape index (κ3) is 3.79. The topological polar surface area (TPSA) is 18.5 Å². The third-order valence-corrected chi connectivity index (χ3v) is 3.64. The molecule has 3 heteroatoms. The van der Waals surface area contributed by atoms with Crippen LogP contribution in [0.4, 0.5) is 0 Å². The van der Waals surface area contributed by atoms with Gasteiger partial charge in [-0.2, -0.15) is 0 Å². The minimum atomic E-state index is -1.50. The molecule has 0 rings (SSSR count). The maximum absolute atomic E-state index is 6.09. The third-order valence-electron chi connectivity index (χ3n) is 2.52. The monoisotopic (exact) mass is 204 g/mol. The molecule has 0 aromatic heterocycles. The van der Waals surface area contributed by atoms with Crippen molar-refractivity contribution in [1.29, 1.82) is 0 Å². The van der Waals surface area contributed by atoms with Crippen LogP contribution in [0.1, 0.15) is 27.7 Å². The summed E-state index contributed by atoms with van der Waals surface area (Å²) in [7, 11) is 0.233. The summed E-state index contributed by atoms with van der Waals surface area (Å²) in [6, 6.07) is 0. The highest BCUT2D eigenvalue weighted by Gasteiger charge is 2.41. The van der Waals surface area contributed by atoms with Gasteiger partial charge in [-0.15, -0.1) is 0 Å². The summed E-state index contributed by atoms with van der Waals surface area (Å²) in [5, 5.41) is 0. The van der Waals surface area contributed by atoms with Crippen LogP contribution >= 0.6 is 0 Å². The summed E-state index contributed by atoms with van der Waals surface area (Å²) in [6.07, 6.45) is 0. The first-order chi connectivity index (χ1) is 5.52. The Labute approximate surface area is 83.8 Å². The van der Waals surface area contributed by atoms with E-state index in [1.807, 2.05) is 0 Å². The molecule has 0 atom stereocenters. The molecule has 0 saturated heterocycles. The van der Waals surface area contributed by atoms with Crippen molar-refractivity contribution in [3.63, 3.8) is 0 Å². The van der Waals surface area contributed by atoms with Gasteiger partial charge in [-0.3, -0.25) is 0 Å². The molecule has 0 unspecified atom stereocenters. The lowest BCUT2D eigenvalue weighted by molar-refractivity contribution is -0.119. The normalized spacial score (nSPS) is 14.8. The molecule has 0 amide bonds. The Morgan fingerprint density at radius 2 is 1.23 bits per heavy atom. The highest BCUT2D eigenvalue weighted by molar-refractivity contribution is 6.69. The second-order valence-electron chi connectivity index (χ2n) is 5.44. The van der Waals surface area contributed by atoms with E-state index in [0.29, 0.717) is 0 Å². The van der Waals surface area contributed by atoms with Crippen LogP contribution in [0.2, 0.25) is 19.6 Å². The van der Waals surface area contributed by atoms with E-state index >= 15 is 0 Å². The summed E-state index contributed by atoms with van der Waals surface area (Å²) in [4.78, 5) is 0. The van der Waals surface area contributed by atoms with Crippen molar-refractivity contribution in [3.05, 3.63) is 0 Å². The van der Waals surface area contributed by atoms with Crippen LogP contribution in [0.15, 0.2) is 0 Å². The predicted molar refractivity (Wildman–Crippen MR) is 59.6 cm³/mol. The van der Waals surface area contributed by atoms with Gasteiger partial charge in [-0.25, -0.2) is 0 Å². The second kappa shape index (κ2) is 3.71. The molecule has 0 heterocycles. The predicted octanol–water partition coefficient (Wildman–Crippen LogP) is 3.04. The van der Waals surface area contributed by atoms with Crippen LogP contribution in [-0.2, 0) is 9.16 Å². The van der Waals surface area contributed by atoms with E-state index in [1.165, 1.54) is 0 Å². The number of hydrogen-bond acceptors (Lipinski definition) is 2. The Hall–Kier alpha value is 0.137. The first-order valence-electron chi connectivity index (χ1n) is 4.77. The molecule has 0 radical (unpaired) electrons. The van der Waals surface area contributed by atoms with Crippen molar-refractivity contribution in [1.82, 2.24) is 0 Å². The quantitative estimate of drug-likeness (QED) is 0.655. The van der Waals surface area contributed by atoms with Crippen molar-refractivity contribution < 1.29 is 9.16 Å². The number of rotatable bonds is 4. The Balaban J connectivity index is 4.58. The van der Waals surface area contributed by atoms with E-state index in [-0.39, 0.29) is 11.2 Å². The molecule has 0 spiro atoms. The molecule has 0 aliphatic carbocycles. The lowest BCUT2D eigenvalue weighted by Crippen LogP contribution is -2.53. The fourth-order valence-corrected chi connectivity index (χ4v) is 2.91. The van der Waals surface area contributed by atoms with E-state index < -0.39 is 8.32 Å². The van der Waals surface area contributed by atoms with Gasteiger partial charge < -0.3 is 9.16 Å². The fraction of sp³-hybridized carbons (Fsp3) is 1.00. The van der Waals surface area contributed by atoms with Crippen LogP contribution in [0.5, 0.6) is 0 Å². The molecule has 0 aromatic rings. The second-order valence-corrected chi connectivity index (χ2v) is 9.87. The van der Waals surface area contributed by atoms with Crippen LogP contribution in [0, 0.1) is 0 Å². The van der Waals surface area contributed by atoms with Crippen LogP contribution < -0.4 is 0 Å². The minimum absolute atomic E-state index is 0.230. The van der Waals surface area contributed by atoms with E-state index in [1.54, 1.807) is 7.11 Å². The molecule has 0 fully saturated rings. The molecule has 0 bridgehead atoms. The molecule has 80 valence electrons. The van der Waals surface area contributed by atoms with Crippen molar-refractivity contribution >= 4 is 8.32 Å². The largest absolute Gasteiger partial charge is 0.410 e. The molecule has 0 aliphatic rings. The number of hydrogen-bond donors (Lipinski definition) is 0. The molecule has 0 aliphatic heterocycles. The summed E-state index contributed by atoms with van der Waals surface area (Å²) < 4.78 is 11.5. The van der Waals surface area contributed by atoms with Gasteiger partial charge in [0.25, 0.3) is 0 Å². The maximum Gasteiger partial charge on any atom is 0.184 e. The maximum atomic E-state index is 6.09. The number of ether oxygens (including phenoxy) is 1. The highest BCUT2D eigenvalue weighted by Crippen LogP contribution is 2.31. The lowest BCUT2D eigenvalue weighted by atomic mass is 9.90. The van der Waals surface area contributed by atoms with Crippen molar-refractivity contribution in [3.8, 4) is 0 Å². The molecule has 13 heavy (non-hydrogen) atoms. The molecule has 0 aromatic carbocycles. The molecular weight excluding hydrogens is 180 g/mol. The van der Waals surface area contributed by atoms with Crippen LogP contribution in [-0.4, -0.2) is 26.6 Å². The van der Waals surface area contributed by atoms with E-state index in [2.05, 4.69) is 47.3 Å². The van der Waals surface area contributed by atoms with Crippen molar-refractivity contribution in [2.45, 2.75) is 58.5 Å². The minimum Gasteiger partial charge on any atom is -0.410 e. The summed E-state index contributed by atoms with van der Waals surface area (Å²) in [5.41, 5.74) is -0.473. The van der Waals surface area contributed by atoms with Gasteiger partial charge in [0.15, 0.2) is 8.32 Å². The van der Waals surface area contributed by atoms with Crippen LogP contribution in [0.3, 0.4) is 0 Å². The van der Waals surface area contributed by atoms with Crippen molar-refractivity contribution in [2.75, 3.05) is 7.11 Å². The lowest BCUT2D eigenvalue weighted by Gasteiger charge is -2.44. The van der Waals surface area contributed by atoms with E-state index in [9.17, 15) is 0 Å². The molecular formula is C10H24O2Si. The van der Waals surface area contributed by atoms with Gasteiger partial charge in [0.2, 0.25) is 0 Å². The zero-order valence-corrected chi connectivity index (χ0v) is 11.3. The first-order valence-corrected chi connectivity index (χ1v) is 8.18. The van der Waals surface area contributed by atoms with Gasteiger partial charge >= 0.3 is 0 Å². The van der Waals surface area contributed by atoms with Gasteiger partial charge in [-0.1, -0.05) is 0 Å². The zero-order valence-electron chi connectivity index (χ0n) is 10.3. The Kier molecular flexibility index (Phi) is 3.75. The zero-order chi connectivity index (χ0) is 10.9. The summed E-state index contributed by atoms with van der Waals surface area (Å²) in [6.45, 7) is 14.9. The van der Waals surface area contributed by atoms with Gasteiger partial charge in [0.1, 0.15) is 0 Å². The van der Waals surface area contributed by atoms with Crippen molar-refractivity contribution in [2.24, 2.45) is 0 Å². The molecule has 0 N–H and O–H groups in total. The average Bonchev–Trinajstić information content (AvgIpc) is 1.81. The highest BCUT2D eigenvalue weighted by atomic mass is 28.4. The fourth-order valence-electron chi connectivity index (χ4n) is 1.13. The number of methoxy groups -OCH3 is 1. The SMILES string of the molecule is COC(C)(C)C(C)(C)O[Si](C)(C)C. The Morgan fingerprint density at radius 1 is 0.846 bits per heavy atom.